The number of fused-ring (bicyclic) bond motifs is 1. The zero-order chi connectivity index (χ0) is 22.5. The SMILES string of the molecule is Cc1cc(C)c(OOSN(Cc2ccc3c(c2)OCO3)[C@H](CO)C(=O)NO)c(C)c1C. The van der Waals surface area contributed by atoms with E-state index in [0.717, 1.165) is 40.0 Å². The Kier molecular flexibility index (Phi) is 7.63. The zero-order valence-corrected chi connectivity index (χ0v) is 18.6. The monoisotopic (exact) mass is 450 g/mol. The summed E-state index contributed by atoms with van der Waals surface area (Å²) >= 11 is 0.755. The lowest BCUT2D eigenvalue weighted by Gasteiger charge is -2.26. The Labute approximate surface area is 185 Å². The van der Waals surface area contributed by atoms with Gasteiger partial charge in [-0.15, -0.1) is 0 Å². The number of carbonyl (C=O) groups excluding carboxylic acids is 1. The fraction of sp³-hybridized carbons (Fsp3) is 0.381. The molecule has 3 rings (SSSR count). The number of ether oxygens (including phenoxy) is 2. The summed E-state index contributed by atoms with van der Waals surface area (Å²) in [6.45, 7) is 7.69. The van der Waals surface area contributed by atoms with E-state index < -0.39 is 18.6 Å². The Balaban J connectivity index is 1.76. The number of benzene rings is 2. The van der Waals surface area contributed by atoms with Crippen LogP contribution in [0.1, 0.15) is 27.8 Å². The number of hydrogen-bond donors (Lipinski definition) is 3. The van der Waals surface area contributed by atoms with Crippen molar-refractivity contribution in [3.05, 3.63) is 52.1 Å². The number of hydroxylamine groups is 1. The maximum atomic E-state index is 12.1. The number of aliphatic hydroxyl groups excluding tert-OH is 1. The first-order valence-electron chi connectivity index (χ1n) is 9.64. The first-order chi connectivity index (χ1) is 14.8. The van der Waals surface area contributed by atoms with Crippen LogP contribution in [0.25, 0.3) is 0 Å². The highest BCUT2D eigenvalue weighted by Gasteiger charge is 2.28. The van der Waals surface area contributed by atoms with Gasteiger partial charge in [-0.3, -0.25) is 10.0 Å². The van der Waals surface area contributed by atoms with Crippen molar-refractivity contribution in [3.8, 4) is 17.2 Å². The fourth-order valence-electron chi connectivity index (χ4n) is 3.26. The van der Waals surface area contributed by atoms with E-state index in [0.29, 0.717) is 17.2 Å². The number of aryl methyl sites for hydroxylation is 2. The summed E-state index contributed by atoms with van der Waals surface area (Å²) in [5.74, 6) is 1.03. The predicted molar refractivity (Wildman–Crippen MR) is 114 cm³/mol. The molecule has 1 heterocycles. The van der Waals surface area contributed by atoms with Crippen LogP contribution in [0.3, 0.4) is 0 Å². The molecule has 0 radical (unpaired) electrons. The van der Waals surface area contributed by atoms with Crippen molar-refractivity contribution in [2.75, 3.05) is 13.4 Å². The average Bonchev–Trinajstić information content (AvgIpc) is 3.22. The number of hydrogen-bond acceptors (Lipinski definition) is 9. The lowest BCUT2D eigenvalue weighted by molar-refractivity contribution is -0.135. The molecule has 3 N–H and O–H groups in total. The molecule has 1 amide bonds. The normalized spacial score (nSPS) is 13.4. The summed E-state index contributed by atoms with van der Waals surface area (Å²) in [7, 11) is 0. The van der Waals surface area contributed by atoms with Crippen LogP contribution in [0.5, 0.6) is 17.2 Å². The number of rotatable bonds is 9. The standard InChI is InChI=1S/C21H26N2O7S/c1-12-7-13(2)20(15(4)14(12)3)29-30-31-23(17(10-24)21(25)22-26)9-16-5-6-18-19(8-16)28-11-27-18/h5-8,17,24,26H,9-11H2,1-4H3,(H,22,25)/t17-/m1/s1. The van der Waals surface area contributed by atoms with Crippen molar-refractivity contribution in [1.29, 1.82) is 0 Å². The first kappa shape index (κ1) is 23.2. The van der Waals surface area contributed by atoms with E-state index >= 15 is 0 Å². The van der Waals surface area contributed by atoms with Crippen LogP contribution in [0, 0.1) is 27.7 Å². The molecular formula is C21H26N2O7S. The van der Waals surface area contributed by atoms with Crippen LogP contribution in [0.4, 0.5) is 0 Å². The van der Waals surface area contributed by atoms with Crippen molar-refractivity contribution < 1.29 is 33.8 Å². The summed E-state index contributed by atoms with van der Waals surface area (Å²) in [4.78, 5) is 17.6. The van der Waals surface area contributed by atoms with Crippen LogP contribution in [0.2, 0.25) is 0 Å². The second-order valence-electron chi connectivity index (χ2n) is 7.25. The molecule has 1 atom stereocenters. The minimum atomic E-state index is -1.09. The van der Waals surface area contributed by atoms with Crippen LogP contribution in [0.15, 0.2) is 24.3 Å². The van der Waals surface area contributed by atoms with Crippen LogP contribution in [-0.2, 0) is 15.7 Å². The molecule has 10 heteroatoms. The molecule has 2 aromatic carbocycles. The van der Waals surface area contributed by atoms with E-state index in [4.69, 9.17) is 23.9 Å². The molecule has 1 aliphatic rings. The van der Waals surface area contributed by atoms with Gasteiger partial charge in [0.1, 0.15) is 18.3 Å². The van der Waals surface area contributed by atoms with Crippen molar-refractivity contribution in [2.45, 2.75) is 40.3 Å². The molecule has 0 bridgehead atoms. The Morgan fingerprint density at radius 3 is 2.61 bits per heavy atom. The van der Waals surface area contributed by atoms with Gasteiger partial charge in [0.15, 0.2) is 17.2 Å². The third-order valence-corrected chi connectivity index (χ3v) is 5.94. The highest BCUT2D eigenvalue weighted by atomic mass is 32.2. The average molecular weight is 451 g/mol. The van der Waals surface area contributed by atoms with Crippen molar-refractivity contribution in [2.24, 2.45) is 0 Å². The van der Waals surface area contributed by atoms with Gasteiger partial charge in [-0.2, -0.15) is 0 Å². The van der Waals surface area contributed by atoms with E-state index in [1.165, 1.54) is 4.31 Å². The van der Waals surface area contributed by atoms with Crippen molar-refractivity contribution in [1.82, 2.24) is 9.79 Å². The second kappa shape index (κ2) is 10.2. The Morgan fingerprint density at radius 2 is 1.90 bits per heavy atom. The van der Waals surface area contributed by atoms with E-state index in [1.807, 2.05) is 39.8 Å². The molecule has 0 fully saturated rings. The van der Waals surface area contributed by atoms with E-state index in [-0.39, 0.29) is 13.3 Å². The predicted octanol–water partition coefficient (Wildman–Crippen LogP) is 2.89. The zero-order valence-electron chi connectivity index (χ0n) is 17.8. The van der Waals surface area contributed by atoms with E-state index in [9.17, 15) is 9.90 Å². The van der Waals surface area contributed by atoms with E-state index in [2.05, 4.69) is 0 Å². The van der Waals surface area contributed by atoms with Gasteiger partial charge in [-0.05, 0) is 67.6 Å². The highest BCUT2D eigenvalue weighted by molar-refractivity contribution is 7.92. The Morgan fingerprint density at radius 1 is 1.16 bits per heavy atom. The molecule has 168 valence electrons. The number of carbonyl (C=O) groups is 1. The lowest BCUT2D eigenvalue weighted by atomic mass is 10.00. The fourth-order valence-corrected chi connectivity index (χ4v) is 3.91. The van der Waals surface area contributed by atoms with Gasteiger partial charge in [-0.1, -0.05) is 16.5 Å². The van der Waals surface area contributed by atoms with Crippen LogP contribution in [-0.4, -0.2) is 40.0 Å². The maximum Gasteiger partial charge on any atom is 0.264 e. The number of amides is 1. The van der Waals surface area contributed by atoms with E-state index in [1.54, 1.807) is 17.6 Å². The van der Waals surface area contributed by atoms with Crippen molar-refractivity contribution >= 4 is 18.1 Å². The number of aliphatic hydroxyl groups is 1. The van der Waals surface area contributed by atoms with Gasteiger partial charge in [0.2, 0.25) is 6.79 Å². The minimum absolute atomic E-state index is 0.148. The van der Waals surface area contributed by atoms with Gasteiger partial charge in [0.05, 0.1) is 6.61 Å². The minimum Gasteiger partial charge on any atom is -0.454 e. The number of nitrogens with zero attached hydrogens (tertiary/aromatic N) is 1. The van der Waals surface area contributed by atoms with Crippen LogP contribution >= 0.6 is 12.2 Å². The molecule has 1 aliphatic heterocycles. The quantitative estimate of drug-likeness (QED) is 0.175. The van der Waals surface area contributed by atoms with Crippen LogP contribution < -0.4 is 19.8 Å². The molecule has 0 aromatic heterocycles. The molecule has 0 saturated carbocycles. The summed E-state index contributed by atoms with van der Waals surface area (Å²) in [5, 5.41) is 18.8. The second-order valence-corrected chi connectivity index (χ2v) is 8.01. The van der Waals surface area contributed by atoms with Gasteiger partial charge in [0, 0.05) is 6.54 Å². The first-order valence-corrected chi connectivity index (χ1v) is 10.3. The topological polar surface area (TPSA) is 110 Å². The third-order valence-electron chi connectivity index (χ3n) is 5.24. The lowest BCUT2D eigenvalue weighted by Crippen LogP contribution is -2.45. The smallest absolute Gasteiger partial charge is 0.264 e. The summed E-state index contributed by atoms with van der Waals surface area (Å²) in [6, 6.07) is 6.27. The molecular weight excluding hydrogens is 424 g/mol. The maximum absolute atomic E-state index is 12.1. The molecule has 0 unspecified atom stereocenters. The molecule has 0 saturated heterocycles. The molecule has 2 aromatic rings. The third kappa shape index (κ3) is 5.23. The number of nitrogens with one attached hydrogen (secondary N) is 1. The summed E-state index contributed by atoms with van der Waals surface area (Å²) in [5.41, 5.74) is 6.46. The Bertz CT molecular complexity index is 954. The summed E-state index contributed by atoms with van der Waals surface area (Å²) < 4.78 is 17.6. The largest absolute Gasteiger partial charge is 0.454 e. The molecule has 9 nitrogen and oxygen atoms in total. The Hall–Kier alpha value is -2.50. The van der Waals surface area contributed by atoms with Crippen molar-refractivity contribution in [3.63, 3.8) is 0 Å². The summed E-state index contributed by atoms with van der Waals surface area (Å²) in [6.07, 6.45) is 0. The molecule has 31 heavy (non-hydrogen) atoms. The van der Waals surface area contributed by atoms with Gasteiger partial charge in [-0.25, -0.2) is 9.79 Å². The molecule has 0 aliphatic carbocycles. The van der Waals surface area contributed by atoms with Gasteiger partial charge in [0.25, 0.3) is 5.91 Å². The van der Waals surface area contributed by atoms with Gasteiger partial charge < -0.3 is 19.5 Å². The van der Waals surface area contributed by atoms with Gasteiger partial charge >= 0.3 is 0 Å². The molecule has 0 spiro atoms. The highest BCUT2D eigenvalue weighted by Crippen LogP contribution is 2.34.